The van der Waals surface area contributed by atoms with Gasteiger partial charge in [-0.15, -0.1) is 0 Å². The minimum Gasteiger partial charge on any atom is -0.508 e. The summed E-state index contributed by atoms with van der Waals surface area (Å²) < 4.78 is 5.84. The van der Waals surface area contributed by atoms with Crippen LogP contribution in [0.1, 0.15) is 30.9 Å². The van der Waals surface area contributed by atoms with Crippen LogP contribution in [0.3, 0.4) is 0 Å². The number of carbonyl (C=O) groups is 1. The fourth-order valence-electron chi connectivity index (χ4n) is 2.60. The molecule has 0 bridgehead atoms. The van der Waals surface area contributed by atoms with Crippen LogP contribution in [-0.2, 0) is 11.2 Å². The molecule has 0 fully saturated rings. The SMILES string of the molecule is CC(C)c1cc(Oc2ccc(C[C@@H](C(=O)O)N(C)C)cc2)ccc1O. The Labute approximate surface area is 148 Å². The zero-order valence-corrected chi connectivity index (χ0v) is 15.1. The Hall–Kier alpha value is -2.53. The molecule has 0 aliphatic carbocycles. The van der Waals surface area contributed by atoms with Gasteiger partial charge in [-0.2, -0.15) is 0 Å². The molecule has 0 spiro atoms. The molecule has 0 radical (unpaired) electrons. The van der Waals surface area contributed by atoms with Gasteiger partial charge in [0.1, 0.15) is 23.3 Å². The predicted octanol–water partition coefficient (Wildman–Crippen LogP) is 3.87. The lowest BCUT2D eigenvalue weighted by Gasteiger charge is -2.20. The number of carboxylic acids is 1. The van der Waals surface area contributed by atoms with Crippen LogP contribution >= 0.6 is 0 Å². The topological polar surface area (TPSA) is 70.0 Å². The molecular formula is C20H25NO4. The molecule has 0 heterocycles. The van der Waals surface area contributed by atoms with Gasteiger partial charge in [0.05, 0.1) is 0 Å². The maximum absolute atomic E-state index is 11.3. The summed E-state index contributed by atoms with van der Waals surface area (Å²) in [6.07, 6.45) is 0.430. The normalized spacial score (nSPS) is 12.4. The number of hydrogen-bond donors (Lipinski definition) is 2. The van der Waals surface area contributed by atoms with E-state index in [9.17, 15) is 15.0 Å². The van der Waals surface area contributed by atoms with Gasteiger partial charge in [0.2, 0.25) is 0 Å². The number of rotatable bonds is 7. The van der Waals surface area contributed by atoms with E-state index in [-0.39, 0.29) is 11.7 Å². The summed E-state index contributed by atoms with van der Waals surface area (Å²) in [4.78, 5) is 13.0. The van der Waals surface area contributed by atoms with Gasteiger partial charge in [-0.05, 0) is 62.3 Å². The minimum atomic E-state index is -0.837. The molecule has 2 N–H and O–H groups in total. The lowest BCUT2D eigenvalue weighted by Crippen LogP contribution is -2.37. The number of benzene rings is 2. The first-order valence-electron chi connectivity index (χ1n) is 8.27. The Morgan fingerprint density at radius 3 is 2.20 bits per heavy atom. The number of ether oxygens (including phenoxy) is 1. The van der Waals surface area contributed by atoms with E-state index in [4.69, 9.17) is 4.74 Å². The molecule has 0 saturated heterocycles. The lowest BCUT2D eigenvalue weighted by molar-refractivity contribution is -0.142. The molecule has 25 heavy (non-hydrogen) atoms. The molecule has 1 atom stereocenters. The number of aliphatic carboxylic acids is 1. The van der Waals surface area contributed by atoms with Gasteiger partial charge in [-0.25, -0.2) is 0 Å². The molecule has 0 amide bonds. The number of phenolic OH excluding ortho intramolecular Hbond substituents is 1. The van der Waals surface area contributed by atoms with Gasteiger partial charge in [-0.1, -0.05) is 26.0 Å². The van der Waals surface area contributed by atoms with Crippen molar-refractivity contribution in [3.8, 4) is 17.2 Å². The quantitative estimate of drug-likeness (QED) is 0.799. The van der Waals surface area contributed by atoms with E-state index in [0.717, 1.165) is 11.1 Å². The maximum Gasteiger partial charge on any atom is 0.321 e. The molecule has 5 nitrogen and oxygen atoms in total. The van der Waals surface area contributed by atoms with Gasteiger partial charge in [0.15, 0.2) is 0 Å². The second-order valence-corrected chi connectivity index (χ2v) is 6.64. The third kappa shape index (κ3) is 4.97. The van der Waals surface area contributed by atoms with Crippen molar-refractivity contribution in [3.05, 3.63) is 53.6 Å². The largest absolute Gasteiger partial charge is 0.508 e. The summed E-state index contributed by atoms with van der Waals surface area (Å²) in [6, 6.07) is 12.0. The number of phenols is 1. The summed E-state index contributed by atoms with van der Waals surface area (Å²) in [5, 5.41) is 19.1. The standard InChI is InChI=1S/C20H25NO4/c1-13(2)17-12-16(9-10-19(17)22)25-15-7-5-14(6-8-15)11-18(20(23)24)21(3)4/h5-10,12-13,18,22H,11H2,1-4H3,(H,23,24)/t18-/m0/s1. The molecule has 2 aromatic rings. The van der Waals surface area contributed by atoms with E-state index >= 15 is 0 Å². The molecule has 0 unspecified atom stereocenters. The number of hydrogen-bond acceptors (Lipinski definition) is 4. The minimum absolute atomic E-state index is 0.199. The van der Waals surface area contributed by atoms with E-state index in [1.54, 1.807) is 31.1 Å². The van der Waals surface area contributed by atoms with E-state index in [0.29, 0.717) is 17.9 Å². The Balaban J connectivity index is 2.10. The number of carboxylic acid groups (broad SMARTS) is 1. The van der Waals surface area contributed by atoms with Gasteiger partial charge in [0, 0.05) is 5.56 Å². The Bertz CT molecular complexity index is 723. The highest BCUT2D eigenvalue weighted by Crippen LogP contribution is 2.31. The fourth-order valence-corrected chi connectivity index (χ4v) is 2.60. The van der Waals surface area contributed by atoms with Crippen LogP contribution in [0.5, 0.6) is 17.2 Å². The lowest BCUT2D eigenvalue weighted by atomic mass is 10.0. The molecular weight excluding hydrogens is 318 g/mol. The van der Waals surface area contributed by atoms with Crippen molar-refractivity contribution in [2.24, 2.45) is 0 Å². The predicted molar refractivity (Wildman–Crippen MR) is 97.5 cm³/mol. The smallest absolute Gasteiger partial charge is 0.321 e. The second-order valence-electron chi connectivity index (χ2n) is 6.64. The van der Waals surface area contributed by atoms with Crippen molar-refractivity contribution >= 4 is 5.97 Å². The van der Waals surface area contributed by atoms with Crippen LogP contribution in [-0.4, -0.2) is 41.2 Å². The molecule has 2 rings (SSSR count). The second kappa shape index (κ2) is 8.03. The van der Waals surface area contributed by atoms with Crippen molar-refractivity contribution in [1.82, 2.24) is 4.90 Å². The highest BCUT2D eigenvalue weighted by atomic mass is 16.5. The number of likely N-dealkylation sites (N-methyl/N-ethyl adjacent to an activating group) is 1. The van der Waals surface area contributed by atoms with Gasteiger partial charge in [0.25, 0.3) is 0 Å². The van der Waals surface area contributed by atoms with E-state index in [2.05, 4.69) is 0 Å². The van der Waals surface area contributed by atoms with Gasteiger partial charge in [-0.3, -0.25) is 9.69 Å². The van der Waals surface area contributed by atoms with Crippen LogP contribution in [0.2, 0.25) is 0 Å². The van der Waals surface area contributed by atoms with Crippen LogP contribution in [0.15, 0.2) is 42.5 Å². The van der Waals surface area contributed by atoms with Crippen LogP contribution in [0.4, 0.5) is 0 Å². The first-order chi connectivity index (χ1) is 11.8. The van der Waals surface area contributed by atoms with Crippen molar-refractivity contribution in [2.45, 2.75) is 32.2 Å². The molecule has 5 heteroatoms. The summed E-state index contributed by atoms with van der Waals surface area (Å²) in [5.74, 6) is 0.952. The first-order valence-corrected chi connectivity index (χ1v) is 8.27. The highest BCUT2D eigenvalue weighted by Gasteiger charge is 2.20. The highest BCUT2D eigenvalue weighted by molar-refractivity contribution is 5.73. The summed E-state index contributed by atoms with van der Waals surface area (Å²) in [7, 11) is 3.51. The molecule has 2 aromatic carbocycles. The average molecular weight is 343 g/mol. The fraction of sp³-hybridized carbons (Fsp3) is 0.350. The molecule has 0 aliphatic rings. The molecule has 0 saturated carbocycles. The summed E-state index contributed by atoms with van der Waals surface area (Å²) >= 11 is 0. The van der Waals surface area contributed by atoms with Gasteiger partial charge >= 0.3 is 5.97 Å². The van der Waals surface area contributed by atoms with Crippen molar-refractivity contribution in [3.63, 3.8) is 0 Å². The third-order valence-corrected chi connectivity index (χ3v) is 4.12. The Kier molecular flexibility index (Phi) is 6.04. The zero-order chi connectivity index (χ0) is 18.6. The molecule has 0 aliphatic heterocycles. The number of aromatic hydroxyl groups is 1. The third-order valence-electron chi connectivity index (χ3n) is 4.12. The maximum atomic E-state index is 11.3. The molecule has 134 valence electrons. The van der Waals surface area contributed by atoms with Crippen molar-refractivity contribution < 1.29 is 19.7 Å². The van der Waals surface area contributed by atoms with Crippen LogP contribution in [0.25, 0.3) is 0 Å². The van der Waals surface area contributed by atoms with Crippen molar-refractivity contribution in [2.75, 3.05) is 14.1 Å². The number of nitrogens with zero attached hydrogens (tertiary/aromatic N) is 1. The Morgan fingerprint density at radius 1 is 1.08 bits per heavy atom. The van der Waals surface area contributed by atoms with E-state index in [1.807, 2.05) is 44.2 Å². The van der Waals surface area contributed by atoms with Crippen LogP contribution in [0, 0.1) is 0 Å². The monoisotopic (exact) mass is 343 g/mol. The van der Waals surface area contributed by atoms with E-state index in [1.165, 1.54) is 0 Å². The van der Waals surface area contributed by atoms with E-state index < -0.39 is 12.0 Å². The summed E-state index contributed by atoms with van der Waals surface area (Å²) in [6.45, 7) is 4.02. The average Bonchev–Trinajstić information content (AvgIpc) is 2.55. The van der Waals surface area contributed by atoms with Crippen molar-refractivity contribution in [1.29, 1.82) is 0 Å². The van der Waals surface area contributed by atoms with Gasteiger partial charge < -0.3 is 14.9 Å². The molecule has 0 aromatic heterocycles. The van der Waals surface area contributed by atoms with Crippen LogP contribution < -0.4 is 4.74 Å². The Morgan fingerprint density at radius 2 is 1.68 bits per heavy atom. The summed E-state index contributed by atoms with van der Waals surface area (Å²) in [5.41, 5.74) is 1.77. The zero-order valence-electron chi connectivity index (χ0n) is 15.1. The first kappa shape index (κ1) is 18.8.